The summed E-state index contributed by atoms with van der Waals surface area (Å²) in [5.74, 6) is -0.654. The van der Waals surface area contributed by atoms with E-state index in [2.05, 4.69) is 17.6 Å². The van der Waals surface area contributed by atoms with Gasteiger partial charge in [-0.3, -0.25) is 9.59 Å². The zero-order chi connectivity index (χ0) is 29.3. The van der Waals surface area contributed by atoms with Crippen molar-refractivity contribution >= 4 is 17.9 Å². The Morgan fingerprint density at radius 1 is 0.974 bits per heavy atom. The minimum Gasteiger partial charge on any atom is -0.444 e. The van der Waals surface area contributed by atoms with Crippen LogP contribution in [0.25, 0.3) is 0 Å². The number of amides is 3. The Morgan fingerprint density at radius 3 is 2.03 bits per heavy atom. The van der Waals surface area contributed by atoms with Crippen LogP contribution in [0.15, 0.2) is 18.2 Å². The van der Waals surface area contributed by atoms with Gasteiger partial charge >= 0.3 is 6.09 Å². The van der Waals surface area contributed by atoms with Gasteiger partial charge < -0.3 is 20.3 Å². The number of unbranched alkanes of at least 4 members (excludes halogenated alkanes) is 2. The third kappa shape index (κ3) is 9.32. The Labute approximate surface area is 231 Å². The topological polar surface area (TPSA) is 87.7 Å². The van der Waals surface area contributed by atoms with Crippen molar-refractivity contribution in [1.29, 1.82) is 0 Å². The molecule has 7 heteroatoms. The van der Waals surface area contributed by atoms with Gasteiger partial charge in [-0.15, -0.1) is 0 Å². The van der Waals surface area contributed by atoms with E-state index in [1.807, 2.05) is 66.7 Å². The predicted molar refractivity (Wildman–Crippen MR) is 155 cm³/mol. The molecule has 1 aromatic carbocycles. The largest absolute Gasteiger partial charge is 0.444 e. The van der Waals surface area contributed by atoms with Crippen molar-refractivity contribution in [3.05, 3.63) is 34.9 Å². The van der Waals surface area contributed by atoms with E-state index in [0.29, 0.717) is 19.4 Å². The van der Waals surface area contributed by atoms with E-state index in [0.717, 1.165) is 36.0 Å². The second-order valence-electron chi connectivity index (χ2n) is 12.1. The first kappa shape index (κ1) is 33.5. The zero-order valence-electron chi connectivity index (χ0n) is 25.8. The highest BCUT2D eigenvalue weighted by Crippen LogP contribution is 2.36. The number of ether oxygens (including phenoxy) is 1. The Hall–Kier alpha value is -2.57. The van der Waals surface area contributed by atoms with Crippen LogP contribution >= 0.6 is 0 Å². The number of carbonyl (C=O) groups is 3. The van der Waals surface area contributed by atoms with Crippen LogP contribution in [0.5, 0.6) is 0 Å². The van der Waals surface area contributed by atoms with Gasteiger partial charge in [0.1, 0.15) is 17.7 Å². The number of hydrogen-bond acceptors (Lipinski definition) is 4. The first-order valence-corrected chi connectivity index (χ1v) is 14.3. The van der Waals surface area contributed by atoms with Crippen LogP contribution in [0.4, 0.5) is 4.79 Å². The fraction of sp³-hybridized carbons (Fsp3) is 0.710. The lowest BCUT2D eigenvalue weighted by atomic mass is 9.87. The number of aryl methyl sites for hydroxylation is 2. The summed E-state index contributed by atoms with van der Waals surface area (Å²) in [6, 6.07) is 4.24. The SMILES string of the molecule is CCCCCNC(=O)C(c1c(C)cccc1C)N(C(=O)C(NC(=O)OC(C)(C)C)C(C)CC)C(C)(C)CC. The summed E-state index contributed by atoms with van der Waals surface area (Å²) in [6.07, 6.45) is 3.61. The first-order chi connectivity index (χ1) is 17.6. The number of rotatable bonds is 13. The number of nitrogens with one attached hydrogen (secondary N) is 2. The highest BCUT2D eigenvalue weighted by Gasteiger charge is 2.44. The van der Waals surface area contributed by atoms with E-state index >= 15 is 0 Å². The normalized spacial score (nSPS) is 14.3. The number of alkyl carbamates (subject to hydrolysis) is 1. The summed E-state index contributed by atoms with van der Waals surface area (Å²) in [5, 5.41) is 5.96. The van der Waals surface area contributed by atoms with Crippen molar-refractivity contribution in [3.63, 3.8) is 0 Å². The van der Waals surface area contributed by atoms with Crippen molar-refractivity contribution in [2.75, 3.05) is 6.54 Å². The zero-order valence-corrected chi connectivity index (χ0v) is 25.8. The van der Waals surface area contributed by atoms with Gasteiger partial charge in [0.25, 0.3) is 0 Å². The summed E-state index contributed by atoms with van der Waals surface area (Å²) in [6.45, 7) is 21.9. The first-order valence-electron chi connectivity index (χ1n) is 14.3. The molecular formula is C31H53N3O4. The van der Waals surface area contributed by atoms with Crippen LogP contribution in [0, 0.1) is 19.8 Å². The van der Waals surface area contributed by atoms with Crippen LogP contribution in [0.2, 0.25) is 0 Å². The predicted octanol–water partition coefficient (Wildman–Crippen LogP) is 6.61. The molecule has 1 rings (SSSR count). The van der Waals surface area contributed by atoms with E-state index < -0.39 is 29.3 Å². The van der Waals surface area contributed by atoms with Crippen molar-refractivity contribution < 1.29 is 19.1 Å². The van der Waals surface area contributed by atoms with Crippen LogP contribution in [0.1, 0.15) is 117 Å². The maximum atomic E-state index is 14.5. The second kappa shape index (κ2) is 14.5. The highest BCUT2D eigenvalue weighted by molar-refractivity contribution is 5.93. The molecule has 1 aromatic rings. The Balaban J connectivity index is 3.71. The molecule has 0 aliphatic rings. The van der Waals surface area contributed by atoms with Gasteiger partial charge in [-0.05, 0) is 83.9 Å². The quantitative estimate of drug-likeness (QED) is 0.280. The molecule has 0 aliphatic heterocycles. The van der Waals surface area contributed by atoms with Gasteiger partial charge in [0, 0.05) is 12.1 Å². The average molecular weight is 532 g/mol. The minimum absolute atomic E-state index is 0.170. The van der Waals surface area contributed by atoms with Gasteiger partial charge in [0.05, 0.1) is 0 Å². The molecule has 0 saturated carbocycles. The fourth-order valence-corrected chi connectivity index (χ4v) is 4.53. The number of carbonyl (C=O) groups excluding carboxylic acids is 3. The van der Waals surface area contributed by atoms with Gasteiger partial charge in [-0.1, -0.05) is 65.2 Å². The minimum atomic E-state index is -0.847. The number of hydrogen-bond donors (Lipinski definition) is 2. The van der Waals surface area contributed by atoms with E-state index in [-0.39, 0.29) is 17.7 Å². The molecule has 3 atom stereocenters. The molecule has 0 heterocycles. The van der Waals surface area contributed by atoms with Gasteiger partial charge in [-0.2, -0.15) is 0 Å². The molecular weight excluding hydrogens is 478 g/mol. The lowest BCUT2D eigenvalue weighted by molar-refractivity contribution is -0.150. The molecule has 0 radical (unpaired) electrons. The highest BCUT2D eigenvalue weighted by atomic mass is 16.6. The van der Waals surface area contributed by atoms with Crippen molar-refractivity contribution in [2.45, 2.75) is 131 Å². The third-order valence-electron chi connectivity index (χ3n) is 7.31. The van der Waals surface area contributed by atoms with Crippen LogP contribution in [-0.4, -0.2) is 46.5 Å². The molecule has 0 aromatic heterocycles. The molecule has 0 fully saturated rings. The van der Waals surface area contributed by atoms with E-state index in [1.54, 1.807) is 25.7 Å². The van der Waals surface area contributed by atoms with E-state index in [4.69, 9.17) is 4.74 Å². The second-order valence-corrected chi connectivity index (χ2v) is 12.1. The summed E-state index contributed by atoms with van der Waals surface area (Å²) < 4.78 is 5.51. The average Bonchev–Trinajstić information content (AvgIpc) is 2.82. The molecule has 0 spiro atoms. The molecule has 7 nitrogen and oxygen atoms in total. The summed E-state index contributed by atoms with van der Waals surface area (Å²) >= 11 is 0. The number of benzene rings is 1. The Kier molecular flexibility index (Phi) is 12.8. The lowest BCUT2D eigenvalue weighted by Gasteiger charge is -2.46. The molecule has 216 valence electrons. The maximum Gasteiger partial charge on any atom is 0.408 e. The summed E-state index contributed by atoms with van der Waals surface area (Å²) in [5.41, 5.74) is 1.36. The standard InChI is InChI=1S/C31H53N3O4/c1-12-15-16-20-32-27(35)26(24-22(5)18-17-19-23(24)6)34(31(10,11)14-3)28(36)25(21(4)13-2)33-29(37)38-30(7,8)9/h17-19,21,25-26H,12-16,20H2,1-11H3,(H,32,35)(H,33,37). The van der Waals surface area contributed by atoms with Gasteiger partial charge in [0.2, 0.25) is 11.8 Å². The maximum absolute atomic E-state index is 14.5. The molecule has 0 bridgehead atoms. The molecule has 3 amide bonds. The van der Waals surface area contributed by atoms with Crippen molar-refractivity contribution in [2.24, 2.45) is 5.92 Å². The van der Waals surface area contributed by atoms with Crippen LogP contribution in [-0.2, 0) is 14.3 Å². The summed E-state index contributed by atoms with van der Waals surface area (Å²) in [7, 11) is 0. The molecule has 2 N–H and O–H groups in total. The van der Waals surface area contributed by atoms with Crippen molar-refractivity contribution in [3.8, 4) is 0 Å². The molecule has 0 saturated heterocycles. The third-order valence-corrected chi connectivity index (χ3v) is 7.31. The molecule has 38 heavy (non-hydrogen) atoms. The lowest BCUT2D eigenvalue weighted by Crippen LogP contribution is -2.61. The molecule has 0 aliphatic carbocycles. The molecule has 3 unspecified atom stereocenters. The Morgan fingerprint density at radius 2 is 1.55 bits per heavy atom. The number of nitrogens with zero attached hydrogens (tertiary/aromatic N) is 1. The van der Waals surface area contributed by atoms with Gasteiger partial charge in [0.15, 0.2) is 0 Å². The van der Waals surface area contributed by atoms with Gasteiger partial charge in [-0.25, -0.2) is 4.79 Å². The monoisotopic (exact) mass is 531 g/mol. The van der Waals surface area contributed by atoms with Crippen LogP contribution in [0.3, 0.4) is 0 Å². The van der Waals surface area contributed by atoms with E-state index in [9.17, 15) is 14.4 Å². The summed E-state index contributed by atoms with van der Waals surface area (Å²) in [4.78, 5) is 43.1. The Bertz CT molecular complexity index is 915. The van der Waals surface area contributed by atoms with Crippen molar-refractivity contribution in [1.82, 2.24) is 15.5 Å². The fourth-order valence-electron chi connectivity index (χ4n) is 4.53. The smallest absolute Gasteiger partial charge is 0.408 e. The van der Waals surface area contributed by atoms with E-state index in [1.165, 1.54) is 0 Å². The van der Waals surface area contributed by atoms with Crippen LogP contribution < -0.4 is 10.6 Å².